The molecule has 1 aromatic rings. The van der Waals surface area contributed by atoms with Gasteiger partial charge in [0.25, 0.3) is 0 Å². The van der Waals surface area contributed by atoms with Crippen LogP contribution in [-0.4, -0.2) is 32.7 Å². The minimum Gasteiger partial charge on any atom is -0.492 e. The van der Waals surface area contributed by atoms with Gasteiger partial charge in [0, 0.05) is 0 Å². The van der Waals surface area contributed by atoms with E-state index in [4.69, 9.17) is 4.74 Å². The molecule has 0 aliphatic rings. The van der Waals surface area contributed by atoms with Crippen LogP contribution in [0.5, 0.6) is 5.75 Å². The zero-order chi connectivity index (χ0) is 14.3. The number of carbonyl (C=O) groups is 1. The zero-order valence-electron chi connectivity index (χ0n) is 12.2. The fourth-order valence-corrected chi connectivity index (χ4v) is 1.63. The lowest BCUT2D eigenvalue weighted by atomic mass is 9.87. The van der Waals surface area contributed by atoms with E-state index >= 15 is 0 Å². The molecule has 106 valence electrons. The predicted molar refractivity (Wildman–Crippen MR) is 77.6 cm³/mol. The molecule has 0 spiro atoms. The van der Waals surface area contributed by atoms with Gasteiger partial charge in [-0.05, 0) is 30.2 Å². The van der Waals surface area contributed by atoms with Gasteiger partial charge in [-0.1, -0.05) is 32.9 Å². The van der Waals surface area contributed by atoms with Crippen LogP contribution < -0.4 is 15.4 Å². The number of amides is 1. The number of rotatable bonds is 6. The molecule has 19 heavy (non-hydrogen) atoms. The van der Waals surface area contributed by atoms with Gasteiger partial charge in [0.2, 0.25) is 5.91 Å². The van der Waals surface area contributed by atoms with E-state index in [1.807, 2.05) is 12.1 Å². The summed E-state index contributed by atoms with van der Waals surface area (Å²) in [5.74, 6) is 0.810. The maximum Gasteiger partial charge on any atom is 0.234 e. The molecule has 0 aliphatic heterocycles. The van der Waals surface area contributed by atoms with Crippen molar-refractivity contribution in [3.8, 4) is 5.75 Å². The minimum absolute atomic E-state index is 0.0193. The topological polar surface area (TPSA) is 50.4 Å². The SMILES string of the molecule is CNCC(=O)NCCOc1ccc(C(C)(C)C)cc1. The number of benzene rings is 1. The fraction of sp³-hybridized carbons (Fsp3) is 0.533. The second-order valence-corrected chi connectivity index (χ2v) is 5.50. The van der Waals surface area contributed by atoms with Gasteiger partial charge in [-0.3, -0.25) is 4.79 Å². The van der Waals surface area contributed by atoms with Crippen LogP contribution in [0.1, 0.15) is 26.3 Å². The van der Waals surface area contributed by atoms with E-state index in [0.717, 1.165) is 5.75 Å². The quantitative estimate of drug-likeness (QED) is 0.769. The number of hydrogen-bond donors (Lipinski definition) is 2. The van der Waals surface area contributed by atoms with Gasteiger partial charge < -0.3 is 15.4 Å². The maximum absolute atomic E-state index is 11.2. The highest BCUT2D eigenvalue weighted by Crippen LogP contribution is 2.24. The molecule has 0 unspecified atom stereocenters. The Morgan fingerprint density at radius 2 is 1.84 bits per heavy atom. The smallest absolute Gasteiger partial charge is 0.234 e. The number of hydrogen-bond acceptors (Lipinski definition) is 3. The third-order valence-corrected chi connectivity index (χ3v) is 2.75. The molecule has 2 N–H and O–H groups in total. The first-order valence-electron chi connectivity index (χ1n) is 6.58. The fourth-order valence-electron chi connectivity index (χ4n) is 1.63. The molecule has 0 heterocycles. The van der Waals surface area contributed by atoms with Crippen LogP contribution >= 0.6 is 0 Å². The summed E-state index contributed by atoms with van der Waals surface area (Å²) in [6, 6.07) is 8.09. The van der Waals surface area contributed by atoms with Crippen molar-refractivity contribution < 1.29 is 9.53 Å². The van der Waals surface area contributed by atoms with Crippen molar-refractivity contribution in [1.29, 1.82) is 0 Å². The summed E-state index contributed by atoms with van der Waals surface area (Å²) in [5, 5.41) is 5.56. The number of ether oxygens (including phenoxy) is 1. The third kappa shape index (κ3) is 5.75. The highest BCUT2D eigenvalue weighted by molar-refractivity contribution is 5.77. The van der Waals surface area contributed by atoms with E-state index < -0.39 is 0 Å². The summed E-state index contributed by atoms with van der Waals surface area (Å²) in [6.07, 6.45) is 0. The molecule has 0 aliphatic carbocycles. The zero-order valence-corrected chi connectivity index (χ0v) is 12.2. The van der Waals surface area contributed by atoms with Crippen molar-refractivity contribution in [3.63, 3.8) is 0 Å². The molecule has 0 saturated heterocycles. The minimum atomic E-state index is -0.0193. The molecular formula is C15H24N2O2. The van der Waals surface area contributed by atoms with Gasteiger partial charge >= 0.3 is 0 Å². The Bertz CT molecular complexity index is 394. The second kappa shape index (κ2) is 7.14. The van der Waals surface area contributed by atoms with E-state index in [1.54, 1.807) is 7.05 Å². The predicted octanol–water partition coefficient (Wildman–Crippen LogP) is 1.70. The molecule has 0 atom stereocenters. The number of likely N-dealkylation sites (N-methyl/N-ethyl adjacent to an activating group) is 1. The Morgan fingerprint density at radius 3 is 2.37 bits per heavy atom. The van der Waals surface area contributed by atoms with Crippen molar-refractivity contribution >= 4 is 5.91 Å². The van der Waals surface area contributed by atoms with Crippen molar-refractivity contribution in [3.05, 3.63) is 29.8 Å². The Hall–Kier alpha value is -1.55. The van der Waals surface area contributed by atoms with Gasteiger partial charge in [-0.25, -0.2) is 0 Å². The number of carbonyl (C=O) groups excluding carboxylic acids is 1. The largest absolute Gasteiger partial charge is 0.492 e. The summed E-state index contributed by atoms with van der Waals surface area (Å²) in [6.45, 7) is 7.87. The first kappa shape index (κ1) is 15.5. The van der Waals surface area contributed by atoms with E-state index in [1.165, 1.54) is 5.56 Å². The molecule has 4 heteroatoms. The highest BCUT2D eigenvalue weighted by atomic mass is 16.5. The molecule has 0 aromatic heterocycles. The third-order valence-electron chi connectivity index (χ3n) is 2.75. The molecule has 0 radical (unpaired) electrons. The molecule has 4 nitrogen and oxygen atoms in total. The average Bonchev–Trinajstić information content (AvgIpc) is 2.34. The highest BCUT2D eigenvalue weighted by Gasteiger charge is 2.12. The first-order chi connectivity index (χ1) is 8.93. The summed E-state index contributed by atoms with van der Waals surface area (Å²) in [4.78, 5) is 11.2. The van der Waals surface area contributed by atoms with E-state index in [9.17, 15) is 4.79 Å². The van der Waals surface area contributed by atoms with Crippen LogP contribution in [0, 0.1) is 0 Å². The summed E-state index contributed by atoms with van der Waals surface area (Å²) >= 11 is 0. The molecule has 1 rings (SSSR count). The first-order valence-corrected chi connectivity index (χ1v) is 6.58. The lowest BCUT2D eigenvalue weighted by Gasteiger charge is -2.19. The van der Waals surface area contributed by atoms with Crippen LogP contribution in [-0.2, 0) is 10.2 Å². The van der Waals surface area contributed by atoms with E-state index in [0.29, 0.717) is 19.7 Å². The van der Waals surface area contributed by atoms with Gasteiger partial charge in [0.15, 0.2) is 0 Å². The van der Waals surface area contributed by atoms with E-state index in [-0.39, 0.29) is 11.3 Å². The van der Waals surface area contributed by atoms with Crippen molar-refractivity contribution in [2.45, 2.75) is 26.2 Å². The van der Waals surface area contributed by atoms with Gasteiger partial charge in [0.1, 0.15) is 12.4 Å². The van der Waals surface area contributed by atoms with Crippen LogP contribution in [0.15, 0.2) is 24.3 Å². The van der Waals surface area contributed by atoms with Crippen LogP contribution in [0.3, 0.4) is 0 Å². The molecule has 1 aromatic carbocycles. The maximum atomic E-state index is 11.2. The van der Waals surface area contributed by atoms with Gasteiger partial charge in [0.05, 0.1) is 13.1 Å². The Labute approximate surface area is 115 Å². The lowest BCUT2D eigenvalue weighted by molar-refractivity contribution is -0.120. The Kier molecular flexibility index (Phi) is 5.83. The van der Waals surface area contributed by atoms with Crippen LogP contribution in [0.4, 0.5) is 0 Å². The molecule has 0 saturated carbocycles. The average molecular weight is 264 g/mol. The molecule has 0 bridgehead atoms. The normalized spacial score (nSPS) is 11.2. The lowest BCUT2D eigenvalue weighted by Crippen LogP contribution is -2.34. The van der Waals surface area contributed by atoms with Crippen molar-refractivity contribution in [2.75, 3.05) is 26.7 Å². The van der Waals surface area contributed by atoms with Crippen molar-refractivity contribution in [2.24, 2.45) is 0 Å². The van der Waals surface area contributed by atoms with E-state index in [2.05, 4.69) is 43.5 Å². The van der Waals surface area contributed by atoms with Gasteiger partial charge in [-0.2, -0.15) is 0 Å². The van der Waals surface area contributed by atoms with Gasteiger partial charge in [-0.15, -0.1) is 0 Å². The summed E-state index contributed by atoms with van der Waals surface area (Å²) < 4.78 is 5.57. The van der Waals surface area contributed by atoms with Crippen LogP contribution in [0.2, 0.25) is 0 Å². The van der Waals surface area contributed by atoms with Crippen molar-refractivity contribution in [1.82, 2.24) is 10.6 Å². The monoisotopic (exact) mass is 264 g/mol. The second-order valence-electron chi connectivity index (χ2n) is 5.50. The summed E-state index contributed by atoms with van der Waals surface area (Å²) in [7, 11) is 1.74. The molecular weight excluding hydrogens is 240 g/mol. The Balaban J connectivity index is 2.33. The molecule has 0 fully saturated rings. The molecule has 1 amide bonds. The standard InChI is InChI=1S/C15H24N2O2/c1-15(2,3)12-5-7-13(8-6-12)19-10-9-17-14(18)11-16-4/h5-8,16H,9-11H2,1-4H3,(H,17,18). The van der Waals surface area contributed by atoms with Crippen LogP contribution in [0.25, 0.3) is 0 Å². The Morgan fingerprint density at radius 1 is 1.21 bits per heavy atom. The summed E-state index contributed by atoms with van der Waals surface area (Å²) in [5.41, 5.74) is 1.43. The number of nitrogens with one attached hydrogen (secondary N) is 2.